The molecular weight excluding hydrogens is 252 g/mol. The van der Waals surface area contributed by atoms with Crippen LogP contribution in [0, 0.1) is 0 Å². The molecular formula is C14H22N6. The van der Waals surface area contributed by atoms with Gasteiger partial charge in [-0.25, -0.2) is 0 Å². The summed E-state index contributed by atoms with van der Waals surface area (Å²) in [5.41, 5.74) is 1.32. The van der Waals surface area contributed by atoms with E-state index in [0.717, 1.165) is 38.1 Å². The van der Waals surface area contributed by atoms with Crippen molar-refractivity contribution in [3.05, 3.63) is 35.9 Å². The summed E-state index contributed by atoms with van der Waals surface area (Å²) in [5.74, 6) is 0.802. The fourth-order valence-electron chi connectivity index (χ4n) is 2.14. The molecule has 0 saturated heterocycles. The van der Waals surface area contributed by atoms with Gasteiger partial charge in [-0.1, -0.05) is 6.92 Å². The lowest BCUT2D eigenvalue weighted by Gasteiger charge is -2.16. The molecule has 2 rings (SSSR count). The van der Waals surface area contributed by atoms with E-state index in [1.165, 1.54) is 10.4 Å². The highest BCUT2D eigenvalue weighted by Gasteiger charge is 2.12. The molecule has 108 valence electrons. The van der Waals surface area contributed by atoms with Gasteiger partial charge >= 0.3 is 0 Å². The number of hydrogen-bond donors (Lipinski definition) is 1. The van der Waals surface area contributed by atoms with Crippen molar-refractivity contribution in [2.45, 2.75) is 38.6 Å². The van der Waals surface area contributed by atoms with Crippen LogP contribution in [0.5, 0.6) is 0 Å². The third kappa shape index (κ3) is 4.70. The van der Waals surface area contributed by atoms with Crippen LogP contribution < -0.4 is 5.32 Å². The van der Waals surface area contributed by atoms with Crippen LogP contribution in [-0.2, 0) is 19.9 Å². The van der Waals surface area contributed by atoms with E-state index in [0.29, 0.717) is 6.04 Å². The Hall–Kier alpha value is -1.82. The van der Waals surface area contributed by atoms with Gasteiger partial charge < -0.3 is 5.32 Å². The predicted molar refractivity (Wildman–Crippen MR) is 77.1 cm³/mol. The highest BCUT2D eigenvalue weighted by molar-refractivity contribution is 5.10. The quantitative estimate of drug-likeness (QED) is 0.782. The van der Waals surface area contributed by atoms with Crippen molar-refractivity contribution in [1.29, 1.82) is 0 Å². The highest BCUT2D eigenvalue weighted by atomic mass is 15.6. The monoisotopic (exact) mass is 274 g/mol. The van der Waals surface area contributed by atoms with E-state index >= 15 is 0 Å². The first-order chi connectivity index (χ1) is 9.78. The lowest BCUT2D eigenvalue weighted by Crippen LogP contribution is -2.32. The molecule has 2 aromatic rings. The van der Waals surface area contributed by atoms with E-state index < -0.39 is 0 Å². The molecule has 0 radical (unpaired) electrons. The first-order valence-electron chi connectivity index (χ1n) is 7.13. The smallest absolute Gasteiger partial charge is 0.176 e. The van der Waals surface area contributed by atoms with E-state index in [4.69, 9.17) is 0 Å². The van der Waals surface area contributed by atoms with Crippen molar-refractivity contribution < 1.29 is 0 Å². The Bertz CT molecular complexity index is 495. The van der Waals surface area contributed by atoms with Crippen LogP contribution in [0.2, 0.25) is 0 Å². The number of pyridine rings is 1. The number of nitrogens with one attached hydrogen (secondary N) is 1. The molecule has 0 aliphatic rings. The molecule has 0 aliphatic carbocycles. The molecule has 2 heterocycles. The molecule has 2 aromatic heterocycles. The van der Waals surface area contributed by atoms with Gasteiger partial charge in [0.1, 0.15) is 0 Å². The van der Waals surface area contributed by atoms with Crippen molar-refractivity contribution in [1.82, 2.24) is 30.5 Å². The molecule has 1 atom stereocenters. The van der Waals surface area contributed by atoms with Gasteiger partial charge in [0.15, 0.2) is 5.82 Å². The zero-order chi connectivity index (χ0) is 14.2. The standard InChI is InChI=1S/C14H22N6/c1-3-8-16-13(11-14-17-19-20(2)18-14)5-4-12-6-9-15-10-7-12/h6-7,9-10,13,16H,3-5,8,11H2,1-2H3. The van der Waals surface area contributed by atoms with Gasteiger partial charge in [-0.2, -0.15) is 4.80 Å². The first kappa shape index (κ1) is 14.6. The molecule has 0 amide bonds. The van der Waals surface area contributed by atoms with Crippen LogP contribution in [0.25, 0.3) is 0 Å². The fourth-order valence-corrected chi connectivity index (χ4v) is 2.14. The maximum absolute atomic E-state index is 4.26. The highest BCUT2D eigenvalue weighted by Crippen LogP contribution is 2.07. The van der Waals surface area contributed by atoms with Crippen molar-refractivity contribution in [3.63, 3.8) is 0 Å². The van der Waals surface area contributed by atoms with Gasteiger partial charge in [0, 0.05) is 24.9 Å². The summed E-state index contributed by atoms with van der Waals surface area (Å²) < 4.78 is 0. The molecule has 0 bridgehead atoms. The molecule has 0 saturated carbocycles. The second-order valence-electron chi connectivity index (χ2n) is 4.94. The normalized spacial score (nSPS) is 12.5. The summed E-state index contributed by atoms with van der Waals surface area (Å²) in [7, 11) is 1.79. The second-order valence-corrected chi connectivity index (χ2v) is 4.94. The summed E-state index contributed by atoms with van der Waals surface area (Å²) in [6.07, 6.45) is 7.72. The summed E-state index contributed by atoms with van der Waals surface area (Å²) in [6.45, 7) is 3.19. The third-order valence-electron chi connectivity index (χ3n) is 3.19. The molecule has 1 N–H and O–H groups in total. The van der Waals surface area contributed by atoms with Crippen molar-refractivity contribution in [3.8, 4) is 0 Å². The first-order valence-corrected chi connectivity index (χ1v) is 7.13. The van der Waals surface area contributed by atoms with Gasteiger partial charge in [0.05, 0.1) is 7.05 Å². The van der Waals surface area contributed by atoms with E-state index in [-0.39, 0.29) is 0 Å². The van der Waals surface area contributed by atoms with Crippen molar-refractivity contribution in [2.24, 2.45) is 7.05 Å². The lowest BCUT2D eigenvalue weighted by molar-refractivity contribution is 0.468. The second kappa shape index (κ2) is 7.69. The minimum Gasteiger partial charge on any atom is -0.314 e. The van der Waals surface area contributed by atoms with Crippen LogP contribution in [-0.4, -0.2) is 37.8 Å². The average molecular weight is 274 g/mol. The topological polar surface area (TPSA) is 68.5 Å². The van der Waals surface area contributed by atoms with E-state index in [1.54, 1.807) is 7.05 Å². The summed E-state index contributed by atoms with van der Waals surface area (Å²) in [4.78, 5) is 5.55. The van der Waals surface area contributed by atoms with Crippen LogP contribution in [0.1, 0.15) is 31.2 Å². The maximum Gasteiger partial charge on any atom is 0.176 e. The Balaban J connectivity index is 1.89. The number of aryl methyl sites for hydroxylation is 2. The molecule has 0 aliphatic heterocycles. The van der Waals surface area contributed by atoms with Gasteiger partial charge in [-0.3, -0.25) is 4.98 Å². The van der Waals surface area contributed by atoms with Crippen LogP contribution >= 0.6 is 0 Å². The molecule has 0 aromatic carbocycles. The Kier molecular flexibility index (Phi) is 5.61. The zero-order valence-corrected chi connectivity index (χ0v) is 12.2. The molecule has 6 heteroatoms. The SMILES string of the molecule is CCCNC(CCc1ccncc1)Cc1nnn(C)n1. The van der Waals surface area contributed by atoms with Crippen LogP contribution in [0.4, 0.5) is 0 Å². The maximum atomic E-state index is 4.26. The van der Waals surface area contributed by atoms with Crippen molar-refractivity contribution >= 4 is 0 Å². The largest absolute Gasteiger partial charge is 0.314 e. The lowest BCUT2D eigenvalue weighted by atomic mass is 10.0. The minimum absolute atomic E-state index is 0.382. The Morgan fingerprint density at radius 1 is 1.30 bits per heavy atom. The van der Waals surface area contributed by atoms with Crippen LogP contribution in [0.15, 0.2) is 24.5 Å². The molecule has 1 unspecified atom stereocenters. The summed E-state index contributed by atoms with van der Waals surface area (Å²) >= 11 is 0. The number of aromatic nitrogens is 5. The minimum atomic E-state index is 0.382. The average Bonchev–Trinajstić information content (AvgIpc) is 2.88. The van der Waals surface area contributed by atoms with E-state index in [1.807, 2.05) is 12.4 Å². The number of tetrazole rings is 1. The summed E-state index contributed by atoms with van der Waals surface area (Å²) in [6, 6.07) is 4.52. The summed E-state index contributed by atoms with van der Waals surface area (Å²) in [5, 5.41) is 15.8. The van der Waals surface area contributed by atoms with E-state index in [2.05, 4.69) is 44.8 Å². The van der Waals surface area contributed by atoms with Gasteiger partial charge in [-0.15, -0.1) is 10.2 Å². The Morgan fingerprint density at radius 2 is 2.10 bits per heavy atom. The number of nitrogens with zero attached hydrogens (tertiary/aromatic N) is 5. The van der Waals surface area contributed by atoms with E-state index in [9.17, 15) is 0 Å². The van der Waals surface area contributed by atoms with Crippen molar-refractivity contribution in [2.75, 3.05) is 6.54 Å². The van der Waals surface area contributed by atoms with Crippen LogP contribution in [0.3, 0.4) is 0 Å². The number of hydrogen-bond acceptors (Lipinski definition) is 5. The van der Waals surface area contributed by atoms with Gasteiger partial charge in [0.25, 0.3) is 0 Å². The number of rotatable bonds is 8. The fraction of sp³-hybridized carbons (Fsp3) is 0.571. The zero-order valence-electron chi connectivity index (χ0n) is 12.2. The van der Waals surface area contributed by atoms with Gasteiger partial charge in [0.2, 0.25) is 0 Å². The third-order valence-corrected chi connectivity index (χ3v) is 3.19. The molecule has 20 heavy (non-hydrogen) atoms. The predicted octanol–water partition coefficient (Wildman–Crippen LogP) is 1.15. The molecule has 0 spiro atoms. The Morgan fingerprint density at radius 3 is 2.75 bits per heavy atom. The Labute approximate surface area is 119 Å². The molecule has 0 fully saturated rings. The van der Waals surface area contributed by atoms with Gasteiger partial charge in [-0.05, 0) is 48.7 Å². The molecule has 6 nitrogen and oxygen atoms in total.